The van der Waals surface area contributed by atoms with E-state index in [9.17, 15) is 0 Å². The molecule has 1 aliphatic rings. The Morgan fingerprint density at radius 2 is 2.33 bits per heavy atom. The second-order valence-electron chi connectivity index (χ2n) is 3.78. The van der Waals surface area contributed by atoms with E-state index in [0.29, 0.717) is 12.6 Å². The molecule has 0 unspecified atom stereocenters. The zero-order chi connectivity index (χ0) is 10.5. The van der Waals surface area contributed by atoms with Crippen LogP contribution in [0.1, 0.15) is 12.8 Å². The van der Waals surface area contributed by atoms with Gasteiger partial charge in [0.15, 0.2) is 0 Å². The lowest BCUT2D eigenvalue weighted by Crippen LogP contribution is -2.42. The second-order valence-corrected chi connectivity index (χ2v) is 3.78. The number of aromatic nitrogens is 2. The number of hydrogen-bond acceptors (Lipinski definition) is 4. The summed E-state index contributed by atoms with van der Waals surface area (Å²) in [4.78, 5) is 2.33. The lowest BCUT2D eigenvalue weighted by atomic mass is 10.1. The van der Waals surface area contributed by atoms with Crippen molar-refractivity contribution in [2.75, 3.05) is 31.2 Å². The van der Waals surface area contributed by atoms with Crippen molar-refractivity contribution in [1.82, 2.24) is 10.2 Å². The van der Waals surface area contributed by atoms with Crippen LogP contribution in [0.3, 0.4) is 0 Å². The first-order chi connectivity index (χ1) is 7.42. The Morgan fingerprint density at radius 3 is 2.93 bits per heavy atom. The van der Waals surface area contributed by atoms with Crippen LogP contribution in [-0.2, 0) is 4.74 Å². The van der Waals surface area contributed by atoms with Crippen LogP contribution in [-0.4, -0.2) is 42.5 Å². The molecule has 1 aromatic rings. The Morgan fingerprint density at radius 1 is 1.53 bits per heavy atom. The van der Waals surface area contributed by atoms with Gasteiger partial charge in [0.25, 0.3) is 0 Å². The number of ether oxygens (including phenoxy) is 1. The minimum absolute atomic E-state index is 0.542. The highest BCUT2D eigenvalue weighted by Gasteiger charge is 2.21. The van der Waals surface area contributed by atoms with Crippen LogP contribution in [0.5, 0.6) is 0 Å². The van der Waals surface area contributed by atoms with Crippen LogP contribution in [0, 0.1) is 0 Å². The van der Waals surface area contributed by atoms with Crippen molar-refractivity contribution < 1.29 is 4.74 Å². The maximum Gasteiger partial charge on any atom is 0.0752 e. The summed E-state index contributed by atoms with van der Waals surface area (Å²) in [7, 11) is 0. The summed E-state index contributed by atoms with van der Waals surface area (Å²) in [6.07, 6.45) is 5.92. The van der Waals surface area contributed by atoms with Gasteiger partial charge in [-0.2, -0.15) is 5.10 Å². The van der Waals surface area contributed by atoms with Crippen LogP contribution in [0.4, 0.5) is 5.69 Å². The van der Waals surface area contributed by atoms with E-state index in [1.54, 1.807) is 0 Å². The fourth-order valence-corrected chi connectivity index (χ4v) is 2.06. The maximum atomic E-state index is 5.64. The summed E-state index contributed by atoms with van der Waals surface area (Å²) in [6.45, 7) is 3.25. The van der Waals surface area contributed by atoms with Crippen molar-refractivity contribution in [1.29, 1.82) is 0 Å². The molecule has 3 N–H and O–H groups in total. The summed E-state index contributed by atoms with van der Waals surface area (Å²) >= 11 is 0. The summed E-state index contributed by atoms with van der Waals surface area (Å²) in [6, 6.07) is 0.542. The fourth-order valence-electron chi connectivity index (χ4n) is 2.06. The highest BCUT2D eigenvalue weighted by molar-refractivity contribution is 5.43. The molecule has 0 bridgehead atoms. The predicted molar refractivity (Wildman–Crippen MR) is 58.8 cm³/mol. The van der Waals surface area contributed by atoms with E-state index in [0.717, 1.165) is 38.3 Å². The Kier molecular flexibility index (Phi) is 3.58. The monoisotopic (exact) mass is 210 g/mol. The van der Waals surface area contributed by atoms with E-state index in [1.807, 2.05) is 12.4 Å². The highest BCUT2D eigenvalue weighted by atomic mass is 16.5. The van der Waals surface area contributed by atoms with Gasteiger partial charge in [-0.3, -0.25) is 5.10 Å². The molecule has 0 spiro atoms. The number of H-pyrrole nitrogens is 1. The average Bonchev–Trinajstić information content (AvgIpc) is 2.80. The Balaban J connectivity index is 2.04. The van der Waals surface area contributed by atoms with E-state index < -0.39 is 0 Å². The molecule has 0 amide bonds. The van der Waals surface area contributed by atoms with Gasteiger partial charge < -0.3 is 15.4 Å². The first-order valence-corrected chi connectivity index (χ1v) is 5.45. The van der Waals surface area contributed by atoms with Crippen molar-refractivity contribution >= 4 is 5.69 Å². The zero-order valence-corrected chi connectivity index (χ0v) is 8.85. The molecule has 1 saturated heterocycles. The third-order valence-electron chi connectivity index (χ3n) is 2.82. The molecule has 2 heterocycles. The van der Waals surface area contributed by atoms with E-state index in [4.69, 9.17) is 10.5 Å². The van der Waals surface area contributed by atoms with Crippen LogP contribution in [0.15, 0.2) is 12.4 Å². The molecule has 5 heteroatoms. The maximum absolute atomic E-state index is 5.64. The highest BCUT2D eigenvalue weighted by Crippen LogP contribution is 2.20. The summed E-state index contributed by atoms with van der Waals surface area (Å²) < 4.78 is 5.36. The average molecular weight is 210 g/mol. The Hall–Kier alpha value is -1.07. The molecule has 1 aliphatic heterocycles. The molecule has 2 rings (SSSR count). The predicted octanol–water partition coefficient (Wildman–Crippen LogP) is 0.354. The van der Waals surface area contributed by atoms with Gasteiger partial charge >= 0.3 is 0 Å². The van der Waals surface area contributed by atoms with Crippen LogP contribution >= 0.6 is 0 Å². The Labute approximate surface area is 89.6 Å². The summed E-state index contributed by atoms with van der Waals surface area (Å²) in [5.41, 5.74) is 6.77. The fraction of sp³-hybridized carbons (Fsp3) is 0.700. The number of aromatic amines is 1. The van der Waals surface area contributed by atoms with E-state index in [-0.39, 0.29) is 0 Å². The molecule has 5 nitrogen and oxygen atoms in total. The topological polar surface area (TPSA) is 67.2 Å². The minimum Gasteiger partial charge on any atom is -0.381 e. The molecular weight excluding hydrogens is 192 g/mol. The Bertz CT molecular complexity index is 269. The van der Waals surface area contributed by atoms with Gasteiger partial charge in [-0.05, 0) is 12.8 Å². The van der Waals surface area contributed by atoms with E-state index >= 15 is 0 Å². The van der Waals surface area contributed by atoms with E-state index in [1.165, 1.54) is 0 Å². The van der Waals surface area contributed by atoms with E-state index in [2.05, 4.69) is 15.1 Å². The lowest BCUT2D eigenvalue weighted by Gasteiger charge is -2.34. The van der Waals surface area contributed by atoms with Crippen molar-refractivity contribution in [3.63, 3.8) is 0 Å². The van der Waals surface area contributed by atoms with Crippen LogP contribution < -0.4 is 10.6 Å². The van der Waals surface area contributed by atoms with Gasteiger partial charge in [-0.15, -0.1) is 0 Å². The largest absolute Gasteiger partial charge is 0.381 e. The number of nitrogens with one attached hydrogen (secondary N) is 1. The van der Waals surface area contributed by atoms with Crippen LogP contribution in [0.2, 0.25) is 0 Å². The third-order valence-corrected chi connectivity index (χ3v) is 2.82. The van der Waals surface area contributed by atoms with Gasteiger partial charge in [-0.25, -0.2) is 0 Å². The summed E-state index contributed by atoms with van der Waals surface area (Å²) in [5.74, 6) is 0. The molecule has 84 valence electrons. The third kappa shape index (κ3) is 2.49. The number of rotatable bonds is 4. The second kappa shape index (κ2) is 5.14. The molecule has 1 fully saturated rings. The van der Waals surface area contributed by atoms with Crippen molar-refractivity contribution in [2.45, 2.75) is 18.9 Å². The number of hydrogen-bond donors (Lipinski definition) is 2. The first-order valence-electron chi connectivity index (χ1n) is 5.45. The molecular formula is C10H18N4O. The first kappa shape index (κ1) is 10.4. The van der Waals surface area contributed by atoms with Crippen molar-refractivity contribution in [3.8, 4) is 0 Å². The quantitative estimate of drug-likeness (QED) is 0.752. The number of nitrogens with two attached hydrogens (primary N) is 1. The molecule has 15 heavy (non-hydrogen) atoms. The SMILES string of the molecule is NCCN(c1cn[nH]c1)C1CCOCC1. The van der Waals surface area contributed by atoms with Gasteiger partial charge in [0, 0.05) is 38.5 Å². The van der Waals surface area contributed by atoms with Gasteiger partial charge in [-0.1, -0.05) is 0 Å². The zero-order valence-electron chi connectivity index (χ0n) is 8.85. The van der Waals surface area contributed by atoms with Crippen LogP contribution in [0.25, 0.3) is 0 Å². The molecule has 0 radical (unpaired) electrons. The van der Waals surface area contributed by atoms with Crippen molar-refractivity contribution in [3.05, 3.63) is 12.4 Å². The summed E-state index contributed by atoms with van der Waals surface area (Å²) in [5, 5.41) is 6.83. The number of nitrogens with zero attached hydrogens (tertiary/aromatic N) is 2. The minimum atomic E-state index is 0.542. The van der Waals surface area contributed by atoms with Crippen molar-refractivity contribution in [2.24, 2.45) is 5.73 Å². The molecule has 0 aromatic carbocycles. The van der Waals surface area contributed by atoms with Gasteiger partial charge in [0.1, 0.15) is 0 Å². The van der Waals surface area contributed by atoms with Gasteiger partial charge in [0.2, 0.25) is 0 Å². The molecule has 0 saturated carbocycles. The molecule has 0 aliphatic carbocycles. The lowest BCUT2D eigenvalue weighted by molar-refractivity contribution is 0.0845. The molecule has 0 atom stereocenters. The van der Waals surface area contributed by atoms with Gasteiger partial charge in [0.05, 0.1) is 11.9 Å². The molecule has 1 aromatic heterocycles. The number of anilines is 1. The standard InChI is InChI=1S/C10H18N4O/c11-3-4-14(10-7-12-13-8-10)9-1-5-15-6-2-9/h7-9H,1-6,11H2,(H,12,13). The normalized spacial score (nSPS) is 17.9. The smallest absolute Gasteiger partial charge is 0.0752 e.